The van der Waals surface area contributed by atoms with E-state index in [9.17, 15) is 18.0 Å². The monoisotopic (exact) mass is 393 g/mol. The van der Waals surface area contributed by atoms with Gasteiger partial charge in [0.15, 0.2) is 5.41 Å². The number of carbonyl (C=O) groups is 1. The van der Waals surface area contributed by atoms with Gasteiger partial charge in [0, 0.05) is 18.8 Å². The van der Waals surface area contributed by atoms with E-state index < -0.39 is 17.5 Å². The Morgan fingerprint density at radius 3 is 2.57 bits per heavy atom. The van der Waals surface area contributed by atoms with Crippen molar-refractivity contribution in [2.75, 3.05) is 31.2 Å². The summed E-state index contributed by atoms with van der Waals surface area (Å²) >= 11 is 0. The molecule has 2 aromatic carbocycles. The fraction of sp³-hybridized carbons (Fsp3) is 0.350. The maximum atomic E-state index is 13.9. The minimum atomic E-state index is -4.67. The molecule has 150 valence electrons. The number of alkyl halides is 3. The lowest BCUT2D eigenvalue weighted by atomic mass is 9.85. The number of amides is 1. The first-order chi connectivity index (χ1) is 13.2. The summed E-state index contributed by atoms with van der Waals surface area (Å²) in [5, 5.41) is 2.39. The van der Waals surface area contributed by atoms with Crippen LogP contribution >= 0.6 is 0 Å². The Kier molecular flexibility index (Phi) is 5.51. The summed E-state index contributed by atoms with van der Waals surface area (Å²) in [5.74, 6) is -0.682. The predicted molar refractivity (Wildman–Crippen MR) is 101 cm³/mol. The Morgan fingerprint density at radius 1 is 1.25 bits per heavy atom. The van der Waals surface area contributed by atoms with Gasteiger partial charge in [-0.25, -0.2) is 0 Å². The quantitative estimate of drug-likeness (QED) is 0.761. The summed E-state index contributed by atoms with van der Waals surface area (Å²) in [7, 11) is 1.43. The molecule has 0 saturated carbocycles. The molecule has 0 spiro atoms. The molecule has 0 aliphatic carbocycles. The second-order valence-electron chi connectivity index (χ2n) is 6.94. The van der Waals surface area contributed by atoms with Crippen LogP contribution in [0.3, 0.4) is 0 Å². The number of halogens is 3. The first kappa shape index (κ1) is 20.0. The van der Waals surface area contributed by atoms with Crippen molar-refractivity contribution in [3.05, 3.63) is 54.1 Å². The number of ether oxygens (including phenoxy) is 1. The van der Waals surface area contributed by atoms with E-state index in [0.29, 0.717) is 12.3 Å². The van der Waals surface area contributed by atoms with Crippen LogP contribution < -0.4 is 15.8 Å². The smallest absolute Gasteiger partial charge is 0.404 e. The lowest BCUT2D eigenvalue weighted by Crippen LogP contribution is -2.49. The standard InChI is InChI=1S/C20H22F3N3O2/c1-28-17-8-7-15(11-16(17)24)25-18(27)19(20(21,22)23)9-10-26(13-19)12-14-5-3-2-4-6-14/h2-8,11H,9-10,12-13,24H2,1H3,(H,25,27). The van der Waals surface area contributed by atoms with Gasteiger partial charge in [-0.05, 0) is 36.7 Å². The van der Waals surface area contributed by atoms with Gasteiger partial charge in [0.05, 0.1) is 12.8 Å². The SMILES string of the molecule is COc1ccc(NC(=O)C2(C(F)(F)F)CCN(Cc3ccccc3)C2)cc1N. The van der Waals surface area contributed by atoms with E-state index in [4.69, 9.17) is 10.5 Å². The highest BCUT2D eigenvalue weighted by atomic mass is 19.4. The fourth-order valence-electron chi connectivity index (χ4n) is 3.47. The molecular weight excluding hydrogens is 371 g/mol. The van der Waals surface area contributed by atoms with Crippen LogP contribution in [0.4, 0.5) is 24.5 Å². The minimum absolute atomic E-state index is 0.187. The predicted octanol–water partition coefficient (Wildman–Crippen LogP) is 3.67. The number of hydrogen-bond donors (Lipinski definition) is 2. The number of hydrogen-bond acceptors (Lipinski definition) is 4. The number of rotatable bonds is 5. The molecule has 0 radical (unpaired) electrons. The second kappa shape index (κ2) is 7.71. The Morgan fingerprint density at radius 2 is 1.96 bits per heavy atom. The third-order valence-electron chi connectivity index (χ3n) is 5.06. The van der Waals surface area contributed by atoms with Gasteiger partial charge in [0.1, 0.15) is 5.75 Å². The van der Waals surface area contributed by atoms with Crippen molar-refractivity contribution >= 4 is 17.3 Å². The Hall–Kier alpha value is -2.74. The number of nitrogen functional groups attached to an aromatic ring is 1. The molecule has 1 heterocycles. The maximum absolute atomic E-state index is 13.9. The zero-order chi connectivity index (χ0) is 20.4. The molecule has 0 bridgehead atoms. The summed E-state index contributed by atoms with van der Waals surface area (Å²) in [4.78, 5) is 14.4. The molecule has 2 aromatic rings. The first-order valence-corrected chi connectivity index (χ1v) is 8.83. The van der Waals surface area contributed by atoms with Crippen LogP contribution in [0.2, 0.25) is 0 Å². The Bertz CT molecular complexity index is 842. The van der Waals surface area contributed by atoms with Gasteiger partial charge >= 0.3 is 6.18 Å². The summed E-state index contributed by atoms with van der Waals surface area (Å²) in [6.45, 7) is 0.164. The van der Waals surface area contributed by atoms with Crippen LogP contribution in [0.5, 0.6) is 5.75 Å². The van der Waals surface area contributed by atoms with Crippen LogP contribution in [-0.4, -0.2) is 37.2 Å². The van der Waals surface area contributed by atoms with Crippen LogP contribution in [0, 0.1) is 5.41 Å². The van der Waals surface area contributed by atoms with Gasteiger partial charge in [0.2, 0.25) is 5.91 Å². The van der Waals surface area contributed by atoms with Crippen molar-refractivity contribution in [2.24, 2.45) is 5.41 Å². The van der Waals surface area contributed by atoms with Crippen molar-refractivity contribution in [2.45, 2.75) is 19.1 Å². The Balaban J connectivity index is 1.78. The van der Waals surface area contributed by atoms with Crippen molar-refractivity contribution in [1.29, 1.82) is 0 Å². The molecule has 3 rings (SSSR count). The van der Waals surface area contributed by atoms with E-state index in [-0.39, 0.29) is 30.9 Å². The van der Waals surface area contributed by atoms with Crippen molar-refractivity contribution in [3.8, 4) is 5.75 Å². The number of methoxy groups -OCH3 is 1. The average molecular weight is 393 g/mol. The molecule has 3 N–H and O–H groups in total. The van der Waals surface area contributed by atoms with Crippen molar-refractivity contribution < 1.29 is 22.7 Å². The highest BCUT2D eigenvalue weighted by molar-refractivity contribution is 5.97. The van der Waals surface area contributed by atoms with Crippen molar-refractivity contribution in [1.82, 2.24) is 4.90 Å². The molecule has 28 heavy (non-hydrogen) atoms. The maximum Gasteiger partial charge on any atom is 0.404 e. The normalized spacial score (nSPS) is 20.1. The number of anilines is 2. The van der Waals surface area contributed by atoms with Gasteiger partial charge in [-0.15, -0.1) is 0 Å². The van der Waals surface area contributed by atoms with E-state index >= 15 is 0 Å². The van der Waals surface area contributed by atoms with E-state index in [1.54, 1.807) is 4.90 Å². The van der Waals surface area contributed by atoms with Crippen LogP contribution in [-0.2, 0) is 11.3 Å². The van der Waals surface area contributed by atoms with Gasteiger partial charge in [-0.1, -0.05) is 30.3 Å². The number of nitrogens with two attached hydrogens (primary N) is 1. The number of benzene rings is 2. The van der Waals surface area contributed by atoms with E-state index in [1.165, 1.54) is 25.3 Å². The van der Waals surface area contributed by atoms with Crippen LogP contribution in [0.15, 0.2) is 48.5 Å². The molecule has 1 saturated heterocycles. The number of likely N-dealkylation sites (tertiary alicyclic amines) is 1. The second-order valence-corrected chi connectivity index (χ2v) is 6.94. The zero-order valence-electron chi connectivity index (χ0n) is 15.4. The van der Waals surface area contributed by atoms with E-state index in [0.717, 1.165) is 5.56 Å². The zero-order valence-corrected chi connectivity index (χ0v) is 15.4. The summed E-state index contributed by atoms with van der Waals surface area (Å²) in [5.41, 5.74) is 4.66. The van der Waals surface area contributed by atoms with Gasteiger partial charge in [-0.2, -0.15) is 13.2 Å². The topological polar surface area (TPSA) is 67.6 Å². The lowest BCUT2D eigenvalue weighted by Gasteiger charge is -2.30. The molecule has 1 fully saturated rings. The molecule has 1 unspecified atom stereocenters. The number of nitrogens with one attached hydrogen (secondary N) is 1. The molecule has 1 amide bonds. The highest BCUT2D eigenvalue weighted by Crippen LogP contribution is 2.46. The summed E-state index contributed by atoms with van der Waals surface area (Å²) in [6, 6.07) is 13.6. The van der Waals surface area contributed by atoms with Gasteiger partial charge in [-0.3, -0.25) is 9.69 Å². The molecule has 1 atom stereocenters. The minimum Gasteiger partial charge on any atom is -0.495 e. The fourth-order valence-corrected chi connectivity index (χ4v) is 3.47. The molecule has 1 aliphatic heterocycles. The average Bonchev–Trinajstić information content (AvgIpc) is 3.08. The molecular formula is C20H22F3N3O2. The molecule has 8 heteroatoms. The third kappa shape index (κ3) is 3.91. The van der Waals surface area contributed by atoms with Gasteiger partial charge in [0.25, 0.3) is 0 Å². The number of nitrogens with zero attached hydrogens (tertiary/aromatic N) is 1. The largest absolute Gasteiger partial charge is 0.495 e. The summed E-state index contributed by atoms with van der Waals surface area (Å²) < 4.78 is 46.9. The van der Waals surface area contributed by atoms with E-state index in [2.05, 4.69) is 5.32 Å². The number of carbonyl (C=O) groups excluding carboxylic acids is 1. The van der Waals surface area contributed by atoms with Crippen LogP contribution in [0.25, 0.3) is 0 Å². The van der Waals surface area contributed by atoms with Crippen molar-refractivity contribution in [3.63, 3.8) is 0 Å². The molecule has 0 aromatic heterocycles. The first-order valence-electron chi connectivity index (χ1n) is 8.83. The third-order valence-corrected chi connectivity index (χ3v) is 5.06. The highest BCUT2D eigenvalue weighted by Gasteiger charge is 2.62. The molecule has 5 nitrogen and oxygen atoms in total. The molecule has 1 aliphatic rings. The van der Waals surface area contributed by atoms with Gasteiger partial charge < -0.3 is 15.8 Å². The van der Waals surface area contributed by atoms with E-state index in [1.807, 2.05) is 30.3 Å². The summed E-state index contributed by atoms with van der Waals surface area (Å²) in [6.07, 6.45) is -4.96. The lowest BCUT2D eigenvalue weighted by molar-refractivity contribution is -0.215. The Labute approximate surface area is 161 Å². The van der Waals surface area contributed by atoms with Crippen LogP contribution in [0.1, 0.15) is 12.0 Å².